The Morgan fingerprint density at radius 2 is 1.79 bits per heavy atom. The molecule has 1 aliphatic rings. The van der Waals surface area contributed by atoms with E-state index in [1.165, 1.54) is 36.0 Å². The van der Waals surface area contributed by atoms with Crippen LogP contribution in [0.3, 0.4) is 0 Å². The Kier molecular flexibility index (Phi) is 7.04. The number of nitrogens with one attached hydrogen (secondary N) is 1. The number of anilines is 1. The van der Waals surface area contributed by atoms with E-state index in [9.17, 15) is 14.0 Å². The lowest BCUT2D eigenvalue weighted by Crippen LogP contribution is -2.44. The Morgan fingerprint density at radius 1 is 1.09 bits per heavy atom. The quantitative estimate of drug-likeness (QED) is 0.559. The lowest BCUT2D eigenvalue weighted by Gasteiger charge is -2.32. The highest BCUT2D eigenvalue weighted by Crippen LogP contribution is 2.31. The number of halogens is 1. The van der Waals surface area contributed by atoms with E-state index in [1.54, 1.807) is 12.0 Å². The SMILES string of the molecule is COc1ccc(CN2C(=O)CC(C(=O)Nc3ccc(F)cc3)SC2=Nc2ccccc2)cc1. The largest absolute Gasteiger partial charge is 0.497 e. The lowest BCUT2D eigenvalue weighted by molar-refractivity contribution is -0.129. The van der Waals surface area contributed by atoms with Gasteiger partial charge in [-0.15, -0.1) is 0 Å². The van der Waals surface area contributed by atoms with Crippen LogP contribution in [0.5, 0.6) is 5.75 Å². The molecule has 0 spiro atoms. The number of benzene rings is 3. The van der Waals surface area contributed by atoms with E-state index >= 15 is 0 Å². The number of carbonyl (C=O) groups excluding carboxylic acids is 2. The smallest absolute Gasteiger partial charge is 0.238 e. The summed E-state index contributed by atoms with van der Waals surface area (Å²) in [5.41, 5.74) is 2.07. The van der Waals surface area contributed by atoms with Crippen molar-refractivity contribution in [1.82, 2.24) is 4.90 Å². The van der Waals surface area contributed by atoms with Gasteiger partial charge in [0.1, 0.15) is 16.8 Å². The predicted molar refractivity (Wildman–Crippen MR) is 128 cm³/mol. The molecule has 1 heterocycles. The van der Waals surface area contributed by atoms with E-state index in [1.807, 2.05) is 54.6 Å². The van der Waals surface area contributed by atoms with E-state index in [2.05, 4.69) is 10.3 Å². The highest BCUT2D eigenvalue weighted by molar-refractivity contribution is 8.15. The van der Waals surface area contributed by atoms with Crippen molar-refractivity contribution in [2.75, 3.05) is 12.4 Å². The second-order valence-electron chi connectivity index (χ2n) is 7.36. The molecule has 0 bridgehead atoms. The Labute approximate surface area is 195 Å². The molecule has 8 heteroatoms. The molecule has 33 heavy (non-hydrogen) atoms. The summed E-state index contributed by atoms with van der Waals surface area (Å²) in [7, 11) is 1.60. The van der Waals surface area contributed by atoms with Crippen LogP contribution in [-0.4, -0.2) is 34.2 Å². The summed E-state index contributed by atoms with van der Waals surface area (Å²) in [5, 5.41) is 2.55. The first-order chi connectivity index (χ1) is 16.0. The first-order valence-electron chi connectivity index (χ1n) is 10.3. The Hall–Kier alpha value is -3.65. The Bertz CT molecular complexity index is 1150. The van der Waals surface area contributed by atoms with E-state index in [0.717, 1.165) is 11.3 Å². The van der Waals surface area contributed by atoms with Crippen molar-refractivity contribution in [3.05, 3.63) is 90.2 Å². The minimum absolute atomic E-state index is 0.0294. The number of nitrogens with zero attached hydrogens (tertiary/aromatic N) is 2. The molecule has 0 aliphatic carbocycles. The molecule has 6 nitrogen and oxygen atoms in total. The molecule has 4 rings (SSSR count). The van der Waals surface area contributed by atoms with Gasteiger partial charge in [0.2, 0.25) is 11.8 Å². The number of amides is 2. The van der Waals surface area contributed by atoms with E-state index < -0.39 is 5.25 Å². The Morgan fingerprint density at radius 3 is 2.45 bits per heavy atom. The number of aliphatic imine (C=N–C) groups is 1. The molecule has 0 radical (unpaired) electrons. The average Bonchev–Trinajstić information content (AvgIpc) is 2.83. The van der Waals surface area contributed by atoms with Crippen LogP contribution < -0.4 is 10.1 Å². The maximum Gasteiger partial charge on any atom is 0.238 e. The van der Waals surface area contributed by atoms with Crippen molar-refractivity contribution in [2.45, 2.75) is 18.2 Å². The van der Waals surface area contributed by atoms with Crippen molar-refractivity contribution in [2.24, 2.45) is 4.99 Å². The van der Waals surface area contributed by atoms with Gasteiger partial charge < -0.3 is 10.1 Å². The summed E-state index contributed by atoms with van der Waals surface area (Å²) < 4.78 is 18.4. The normalized spacial score (nSPS) is 17.2. The molecule has 168 valence electrons. The van der Waals surface area contributed by atoms with E-state index in [4.69, 9.17) is 4.74 Å². The van der Waals surface area contributed by atoms with Crippen molar-refractivity contribution in [1.29, 1.82) is 0 Å². The van der Waals surface area contributed by atoms with Gasteiger partial charge in [0.05, 0.1) is 19.3 Å². The molecular formula is C25H22FN3O3S. The van der Waals surface area contributed by atoms with Crippen LogP contribution in [0.15, 0.2) is 83.9 Å². The third-order valence-electron chi connectivity index (χ3n) is 5.02. The summed E-state index contributed by atoms with van der Waals surface area (Å²) in [6.45, 7) is 0.327. The molecule has 1 unspecified atom stereocenters. The number of carbonyl (C=O) groups is 2. The van der Waals surface area contributed by atoms with Crippen LogP contribution >= 0.6 is 11.8 Å². The molecular weight excluding hydrogens is 441 g/mol. The van der Waals surface area contributed by atoms with Gasteiger partial charge in [-0.25, -0.2) is 9.38 Å². The molecule has 0 saturated carbocycles. The minimum atomic E-state index is -0.655. The fraction of sp³-hybridized carbons (Fsp3) is 0.160. The fourth-order valence-corrected chi connectivity index (χ4v) is 4.38. The van der Waals surface area contributed by atoms with E-state index in [-0.39, 0.29) is 24.1 Å². The molecule has 2 amide bonds. The third kappa shape index (κ3) is 5.78. The zero-order valence-electron chi connectivity index (χ0n) is 17.9. The van der Waals surface area contributed by atoms with Crippen LogP contribution in [0.25, 0.3) is 0 Å². The molecule has 3 aromatic carbocycles. The number of para-hydroxylation sites is 1. The second kappa shape index (κ2) is 10.3. The van der Waals surface area contributed by atoms with Crippen LogP contribution in [0, 0.1) is 5.82 Å². The van der Waals surface area contributed by atoms with Crippen molar-refractivity contribution in [3.63, 3.8) is 0 Å². The van der Waals surface area contributed by atoms with Crippen LogP contribution in [0.4, 0.5) is 15.8 Å². The summed E-state index contributed by atoms with van der Waals surface area (Å²) in [5.74, 6) is -0.182. The van der Waals surface area contributed by atoms with Gasteiger partial charge in [-0.3, -0.25) is 14.5 Å². The number of hydrogen-bond donors (Lipinski definition) is 1. The van der Waals surface area contributed by atoms with Crippen molar-refractivity contribution in [3.8, 4) is 5.75 Å². The maximum atomic E-state index is 13.2. The zero-order chi connectivity index (χ0) is 23.2. The molecule has 3 aromatic rings. The van der Waals surface area contributed by atoms with Crippen LogP contribution in [0.2, 0.25) is 0 Å². The highest BCUT2D eigenvalue weighted by atomic mass is 32.2. The maximum absolute atomic E-state index is 13.2. The molecule has 1 atom stereocenters. The zero-order valence-corrected chi connectivity index (χ0v) is 18.7. The number of methoxy groups -OCH3 is 1. The van der Waals surface area contributed by atoms with Crippen molar-refractivity contribution >= 4 is 40.1 Å². The molecule has 1 N–H and O–H groups in total. The standard InChI is InChI=1S/C25H22FN3O3S/c1-32-21-13-7-17(8-14-21)16-29-23(30)15-22(24(31)27-20-11-9-18(26)10-12-20)33-25(29)28-19-5-3-2-4-6-19/h2-14,22H,15-16H2,1H3,(H,27,31). The van der Waals surface area contributed by atoms with E-state index in [0.29, 0.717) is 23.1 Å². The Balaban J connectivity index is 1.57. The first kappa shape index (κ1) is 22.5. The van der Waals surface area contributed by atoms with Crippen LogP contribution in [0.1, 0.15) is 12.0 Å². The monoisotopic (exact) mass is 463 g/mol. The summed E-state index contributed by atoms with van der Waals surface area (Å²) in [4.78, 5) is 32.2. The van der Waals surface area contributed by atoms with Gasteiger partial charge in [-0.1, -0.05) is 42.1 Å². The number of thioether (sulfide) groups is 1. The van der Waals surface area contributed by atoms with Gasteiger partial charge in [0, 0.05) is 12.1 Å². The topological polar surface area (TPSA) is 71.0 Å². The minimum Gasteiger partial charge on any atom is -0.497 e. The molecule has 0 aromatic heterocycles. The van der Waals surface area contributed by atoms with Gasteiger partial charge >= 0.3 is 0 Å². The molecule has 1 aliphatic heterocycles. The van der Waals surface area contributed by atoms with Gasteiger partial charge in [0.15, 0.2) is 5.17 Å². The summed E-state index contributed by atoms with van der Waals surface area (Å²) in [6, 6.07) is 22.3. The number of rotatable bonds is 6. The van der Waals surface area contributed by atoms with Crippen LogP contribution in [-0.2, 0) is 16.1 Å². The lowest BCUT2D eigenvalue weighted by atomic mass is 10.2. The molecule has 1 fully saturated rings. The number of amidine groups is 1. The molecule has 1 saturated heterocycles. The average molecular weight is 464 g/mol. The first-order valence-corrected chi connectivity index (χ1v) is 11.2. The van der Waals surface area contributed by atoms with Gasteiger partial charge in [-0.05, 0) is 54.1 Å². The number of hydrogen-bond acceptors (Lipinski definition) is 5. The fourth-order valence-electron chi connectivity index (χ4n) is 3.28. The van der Waals surface area contributed by atoms with Gasteiger partial charge in [0.25, 0.3) is 0 Å². The van der Waals surface area contributed by atoms with Gasteiger partial charge in [-0.2, -0.15) is 0 Å². The number of ether oxygens (including phenoxy) is 1. The second-order valence-corrected chi connectivity index (χ2v) is 8.53. The predicted octanol–water partition coefficient (Wildman–Crippen LogP) is 4.99. The highest BCUT2D eigenvalue weighted by Gasteiger charge is 2.36. The third-order valence-corrected chi connectivity index (χ3v) is 6.21. The summed E-state index contributed by atoms with van der Waals surface area (Å²) in [6.07, 6.45) is 0.0294. The summed E-state index contributed by atoms with van der Waals surface area (Å²) >= 11 is 1.24. The van der Waals surface area contributed by atoms with Crippen molar-refractivity contribution < 1.29 is 18.7 Å².